The molecule has 0 fully saturated rings. The molecule has 0 spiro atoms. The first-order chi connectivity index (χ1) is 10.5. The molecular formula is C16H19N3O3. The standard InChI is InChI=1S/C16H19N3O3/c1-4-22-13-7-5-12(6-8-13)11-18(2)16(21)14-9-10-15(20)19(3)17-14/h5-10H,4,11H2,1-3H3. The van der Waals surface area contributed by atoms with Gasteiger partial charge >= 0.3 is 0 Å². The zero-order valence-corrected chi connectivity index (χ0v) is 12.9. The SMILES string of the molecule is CCOc1ccc(CN(C)C(=O)c2ccc(=O)n(C)n2)cc1. The normalized spacial score (nSPS) is 10.3. The van der Waals surface area contributed by atoms with E-state index < -0.39 is 0 Å². The van der Waals surface area contributed by atoms with Crippen LogP contribution in [0, 0.1) is 0 Å². The van der Waals surface area contributed by atoms with E-state index >= 15 is 0 Å². The van der Waals surface area contributed by atoms with Gasteiger partial charge in [0, 0.05) is 26.7 Å². The number of aryl methyl sites for hydroxylation is 1. The number of amides is 1. The molecule has 6 heteroatoms. The first-order valence-electron chi connectivity index (χ1n) is 7.03. The van der Waals surface area contributed by atoms with Gasteiger partial charge in [0.2, 0.25) is 0 Å². The minimum absolute atomic E-state index is 0.232. The summed E-state index contributed by atoms with van der Waals surface area (Å²) in [5.74, 6) is 0.574. The van der Waals surface area contributed by atoms with E-state index in [0.717, 1.165) is 16.0 Å². The highest BCUT2D eigenvalue weighted by atomic mass is 16.5. The lowest BCUT2D eigenvalue weighted by Crippen LogP contribution is -2.30. The summed E-state index contributed by atoms with van der Waals surface area (Å²) in [5.41, 5.74) is 0.991. The molecule has 0 radical (unpaired) electrons. The quantitative estimate of drug-likeness (QED) is 0.838. The third-order valence-corrected chi connectivity index (χ3v) is 3.18. The Labute approximate surface area is 128 Å². The van der Waals surface area contributed by atoms with Crippen LogP contribution in [-0.4, -0.2) is 34.2 Å². The van der Waals surface area contributed by atoms with Gasteiger partial charge in [0.25, 0.3) is 11.5 Å². The molecule has 0 bridgehead atoms. The van der Waals surface area contributed by atoms with Gasteiger partial charge in [-0.15, -0.1) is 0 Å². The average Bonchev–Trinajstić information content (AvgIpc) is 2.51. The molecule has 0 aliphatic carbocycles. The highest BCUT2D eigenvalue weighted by Crippen LogP contribution is 2.13. The van der Waals surface area contributed by atoms with Gasteiger partial charge in [-0.25, -0.2) is 4.68 Å². The van der Waals surface area contributed by atoms with Crippen LogP contribution >= 0.6 is 0 Å². The summed E-state index contributed by atoms with van der Waals surface area (Å²) in [7, 11) is 3.22. The zero-order chi connectivity index (χ0) is 16.1. The van der Waals surface area contributed by atoms with Crippen LogP contribution in [0.25, 0.3) is 0 Å². The fourth-order valence-electron chi connectivity index (χ4n) is 2.02. The summed E-state index contributed by atoms with van der Waals surface area (Å²) in [5, 5.41) is 3.97. The lowest BCUT2D eigenvalue weighted by atomic mass is 10.2. The predicted molar refractivity (Wildman–Crippen MR) is 82.9 cm³/mol. The monoisotopic (exact) mass is 301 g/mol. The van der Waals surface area contributed by atoms with E-state index in [2.05, 4.69) is 5.10 Å². The van der Waals surface area contributed by atoms with Crippen molar-refractivity contribution in [1.29, 1.82) is 0 Å². The van der Waals surface area contributed by atoms with Crippen LogP contribution in [0.4, 0.5) is 0 Å². The smallest absolute Gasteiger partial charge is 0.274 e. The van der Waals surface area contributed by atoms with Gasteiger partial charge < -0.3 is 9.64 Å². The van der Waals surface area contributed by atoms with Crippen LogP contribution in [0.1, 0.15) is 23.0 Å². The Balaban J connectivity index is 2.07. The minimum atomic E-state index is -0.245. The van der Waals surface area contributed by atoms with Crippen molar-refractivity contribution >= 4 is 5.91 Å². The number of benzene rings is 1. The lowest BCUT2D eigenvalue weighted by molar-refractivity contribution is 0.0776. The van der Waals surface area contributed by atoms with Crippen molar-refractivity contribution in [3.05, 3.63) is 58.0 Å². The summed E-state index contributed by atoms with van der Waals surface area (Å²) in [6.07, 6.45) is 0. The van der Waals surface area contributed by atoms with Crippen molar-refractivity contribution in [3.63, 3.8) is 0 Å². The number of hydrogen-bond acceptors (Lipinski definition) is 4. The number of carbonyl (C=O) groups is 1. The first kappa shape index (κ1) is 15.8. The Kier molecular flexibility index (Phi) is 4.93. The molecule has 0 saturated carbocycles. The third kappa shape index (κ3) is 3.72. The molecule has 2 aromatic rings. The van der Waals surface area contributed by atoms with Crippen LogP contribution in [0.3, 0.4) is 0 Å². The fraction of sp³-hybridized carbons (Fsp3) is 0.312. The topological polar surface area (TPSA) is 64.4 Å². The molecule has 1 aromatic heterocycles. The molecule has 22 heavy (non-hydrogen) atoms. The van der Waals surface area contributed by atoms with Crippen molar-refractivity contribution in [2.24, 2.45) is 7.05 Å². The number of aromatic nitrogens is 2. The van der Waals surface area contributed by atoms with Crippen LogP contribution in [0.2, 0.25) is 0 Å². The number of rotatable bonds is 5. The number of hydrogen-bond donors (Lipinski definition) is 0. The van der Waals surface area contributed by atoms with E-state index in [-0.39, 0.29) is 17.2 Å². The van der Waals surface area contributed by atoms with E-state index in [1.54, 1.807) is 11.9 Å². The highest BCUT2D eigenvalue weighted by Gasteiger charge is 2.14. The fourth-order valence-corrected chi connectivity index (χ4v) is 2.02. The molecule has 0 saturated heterocycles. The largest absolute Gasteiger partial charge is 0.494 e. The molecule has 2 rings (SSSR count). The minimum Gasteiger partial charge on any atom is -0.494 e. The van der Waals surface area contributed by atoms with Gasteiger partial charge in [0.1, 0.15) is 11.4 Å². The maximum Gasteiger partial charge on any atom is 0.274 e. The molecule has 0 N–H and O–H groups in total. The zero-order valence-electron chi connectivity index (χ0n) is 12.9. The highest BCUT2D eigenvalue weighted by molar-refractivity contribution is 5.91. The van der Waals surface area contributed by atoms with Gasteiger partial charge in [-0.05, 0) is 30.7 Å². The Morgan fingerprint density at radius 3 is 2.50 bits per heavy atom. The second kappa shape index (κ2) is 6.89. The van der Waals surface area contributed by atoms with Crippen LogP contribution in [0.15, 0.2) is 41.2 Å². The van der Waals surface area contributed by atoms with Gasteiger partial charge in [-0.2, -0.15) is 5.10 Å². The Morgan fingerprint density at radius 2 is 1.91 bits per heavy atom. The van der Waals surface area contributed by atoms with E-state index in [1.165, 1.54) is 19.2 Å². The van der Waals surface area contributed by atoms with E-state index in [1.807, 2.05) is 31.2 Å². The lowest BCUT2D eigenvalue weighted by Gasteiger charge is -2.17. The molecule has 0 aliphatic heterocycles. The van der Waals surface area contributed by atoms with Gasteiger partial charge in [0.15, 0.2) is 0 Å². The van der Waals surface area contributed by atoms with Gasteiger partial charge in [-0.3, -0.25) is 9.59 Å². The summed E-state index contributed by atoms with van der Waals surface area (Å²) >= 11 is 0. The summed E-state index contributed by atoms with van der Waals surface area (Å²) < 4.78 is 6.53. The second-order valence-corrected chi connectivity index (χ2v) is 4.92. The molecule has 0 aliphatic rings. The first-order valence-corrected chi connectivity index (χ1v) is 7.03. The Bertz CT molecular complexity index is 707. The molecule has 116 valence electrons. The van der Waals surface area contributed by atoms with Crippen LogP contribution < -0.4 is 10.3 Å². The average molecular weight is 301 g/mol. The number of nitrogens with zero attached hydrogens (tertiary/aromatic N) is 3. The third-order valence-electron chi connectivity index (χ3n) is 3.18. The van der Waals surface area contributed by atoms with E-state index in [0.29, 0.717) is 13.2 Å². The number of ether oxygens (including phenoxy) is 1. The molecule has 1 amide bonds. The Hall–Kier alpha value is -2.63. The van der Waals surface area contributed by atoms with Gasteiger partial charge in [-0.1, -0.05) is 12.1 Å². The summed E-state index contributed by atoms with van der Waals surface area (Å²) in [6, 6.07) is 10.4. The van der Waals surface area contributed by atoms with E-state index in [4.69, 9.17) is 4.74 Å². The molecule has 0 unspecified atom stereocenters. The summed E-state index contributed by atoms with van der Waals surface area (Å²) in [4.78, 5) is 25.2. The van der Waals surface area contributed by atoms with Crippen molar-refractivity contribution in [2.45, 2.75) is 13.5 Å². The molecular weight excluding hydrogens is 282 g/mol. The van der Waals surface area contributed by atoms with Gasteiger partial charge in [0.05, 0.1) is 6.61 Å². The van der Waals surface area contributed by atoms with Crippen molar-refractivity contribution in [3.8, 4) is 5.75 Å². The summed E-state index contributed by atoms with van der Waals surface area (Å²) in [6.45, 7) is 3.01. The van der Waals surface area contributed by atoms with Crippen LogP contribution in [0.5, 0.6) is 5.75 Å². The van der Waals surface area contributed by atoms with E-state index in [9.17, 15) is 9.59 Å². The van der Waals surface area contributed by atoms with Crippen LogP contribution in [-0.2, 0) is 13.6 Å². The number of carbonyl (C=O) groups excluding carboxylic acids is 1. The molecule has 6 nitrogen and oxygen atoms in total. The van der Waals surface area contributed by atoms with Crippen molar-refractivity contribution in [2.75, 3.05) is 13.7 Å². The predicted octanol–water partition coefficient (Wildman–Crippen LogP) is 1.45. The molecule has 0 atom stereocenters. The van der Waals surface area contributed by atoms with Crippen molar-refractivity contribution < 1.29 is 9.53 Å². The Morgan fingerprint density at radius 1 is 1.23 bits per heavy atom. The maximum absolute atomic E-state index is 12.3. The maximum atomic E-state index is 12.3. The second-order valence-electron chi connectivity index (χ2n) is 4.92. The molecule has 1 aromatic carbocycles. The molecule has 1 heterocycles. The van der Waals surface area contributed by atoms with Crippen molar-refractivity contribution in [1.82, 2.24) is 14.7 Å².